The summed E-state index contributed by atoms with van der Waals surface area (Å²) < 4.78 is 29.2. The number of amides is 1. The number of amidine groups is 1. The first-order valence-electron chi connectivity index (χ1n) is 8.87. The van der Waals surface area contributed by atoms with E-state index in [0.717, 1.165) is 11.3 Å². The highest BCUT2D eigenvalue weighted by Crippen LogP contribution is 2.38. The van der Waals surface area contributed by atoms with Crippen molar-refractivity contribution >= 4 is 38.6 Å². The van der Waals surface area contributed by atoms with Gasteiger partial charge >= 0.3 is 5.97 Å². The third-order valence-corrected chi connectivity index (χ3v) is 8.00. The summed E-state index contributed by atoms with van der Waals surface area (Å²) in [6.07, 6.45) is 0.225. The van der Waals surface area contributed by atoms with E-state index in [-0.39, 0.29) is 35.6 Å². The molecule has 1 aromatic rings. The number of carbonyl (C=O) groups is 2. The van der Waals surface area contributed by atoms with Crippen LogP contribution in [-0.4, -0.2) is 71.9 Å². The number of fused-ring (bicyclic) bond motifs is 1. The maximum atomic E-state index is 12.0. The van der Waals surface area contributed by atoms with Gasteiger partial charge < -0.3 is 14.7 Å². The third-order valence-electron chi connectivity index (χ3n) is 4.75. The van der Waals surface area contributed by atoms with E-state index in [2.05, 4.69) is 4.99 Å². The van der Waals surface area contributed by atoms with Crippen molar-refractivity contribution in [3.8, 4) is 5.75 Å². The van der Waals surface area contributed by atoms with Gasteiger partial charge in [-0.2, -0.15) is 4.99 Å². The molecule has 8 nitrogen and oxygen atoms in total. The van der Waals surface area contributed by atoms with Gasteiger partial charge in [-0.15, -0.1) is 0 Å². The predicted molar refractivity (Wildman–Crippen MR) is 107 cm³/mol. The summed E-state index contributed by atoms with van der Waals surface area (Å²) in [6.45, 7) is 0.529. The van der Waals surface area contributed by atoms with E-state index in [1.165, 1.54) is 11.8 Å². The van der Waals surface area contributed by atoms with Gasteiger partial charge in [0.25, 0.3) is 0 Å². The van der Waals surface area contributed by atoms with E-state index in [0.29, 0.717) is 18.1 Å². The summed E-state index contributed by atoms with van der Waals surface area (Å²) in [5.74, 6) is -0.665. The molecule has 0 bridgehead atoms. The fourth-order valence-corrected chi connectivity index (χ4v) is 7.31. The van der Waals surface area contributed by atoms with Crippen LogP contribution in [-0.2, 0) is 25.8 Å². The molecule has 1 aromatic carbocycles. The number of hydrogen-bond acceptors (Lipinski definition) is 6. The summed E-state index contributed by atoms with van der Waals surface area (Å²) in [6, 6.07) is 7.40. The van der Waals surface area contributed by atoms with Crippen LogP contribution in [0.2, 0.25) is 0 Å². The molecule has 152 valence electrons. The largest absolute Gasteiger partial charge is 0.497 e. The second-order valence-corrected chi connectivity index (χ2v) is 10.1. The van der Waals surface area contributed by atoms with Crippen LogP contribution in [0, 0.1) is 0 Å². The van der Waals surface area contributed by atoms with Gasteiger partial charge in [0, 0.05) is 18.2 Å². The molecule has 28 heavy (non-hydrogen) atoms. The molecule has 2 saturated heterocycles. The third kappa shape index (κ3) is 5.05. The van der Waals surface area contributed by atoms with Crippen LogP contribution in [0.3, 0.4) is 0 Å². The molecule has 3 rings (SSSR count). The highest BCUT2D eigenvalue weighted by atomic mass is 32.2. The number of nitrogens with zero attached hydrogens (tertiary/aromatic N) is 2. The lowest BCUT2D eigenvalue weighted by Crippen LogP contribution is -2.39. The molecule has 0 spiro atoms. The molecule has 0 radical (unpaired) electrons. The monoisotopic (exact) mass is 426 g/mol. The highest BCUT2D eigenvalue weighted by Gasteiger charge is 2.48. The second kappa shape index (κ2) is 8.52. The maximum absolute atomic E-state index is 12.0. The van der Waals surface area contributed by atoms with Gasteiger partial charge in [-0.05, 0) is 24.1 Å². The number of sulfone groups is 1. The molecule has 0 saturated carbocycles. The molecule has 2 heterocycles. The van der Waals surface area contributed by atoms with Gasteiger partial charge in [-0.1, -0.05) is 23.9 Å². The van der Waals surface area contributed by atoms with E-state index >= 15 is 0 Å². The van der Waals surface area contributed by atoms with Crippen molar-refractivity contribution in [2.75, 3.05) is 25.2 Å². The van der Waals surface area contributed by atoms with Crippen LogP contribution in [0.5, 0.6) is 5.75 Å². The topological polar surface area (TPSA) is 113 Å². The van der Waals surface area contributed by atoms with Crippen LogP contribution < -0.4 is 4.74 Å². The second-order valence-electron chi connectivity index (χ2n) is 6.77. The minimum atomic E-state index is -3.10. The van der Waals surface area contributed by atoms with E-state index in [1.807, 2.05) is 29.2 Å². The first-order chi connectivity index (χ1) is 13.3. The molecular weight excluding hydrogens is 404 g/mol. The molecule has 0 unspecified atom stereocenters. The molecule has 2 aliphatic rings. The van der Waals surface area contributed by atoms with Gasteiger partial charge in [0.1, 0.15) is 5.75 Å². The summed E-state index contributed by atoms with van der Waals surface area (Å²) >= 11 is 1.30. The van der Waals surface area contributed by atoms with Gasteiger partial charge in [0.2, 0.25) is 5.91 Å². The molecule has 0 aliphatic carbocycles. The SMILES string of the molecule is COc1ccc(CCN2C(=NC(=O)CCC(=O)O)S[C@@H]3CS(=O)(=O)C[C@@H]32)cc1. The lowest BCUT2D eigenvalue weighted by Gasteiger charge is -2.24. The standard InChI is InChI=1S/C18H22N2O6S2/c1-26-13-4-2-12(3-5-13)8-9-20-14-10-28(24,25)11-15(14)27-18(20)19-16(21)6-7-17(22)23/h2-5,14-15H,6-11H2,1H3,(H,22,23)/t14-,15+/m0/s1. The number of aliphatic imine (C=N–C) groups is 1. The number of carbonyl (C=O) groups excluding carboxylic acids is 1. The Morgan fingerprint density at radius 3 is 2.61 bits per heavy atom. The summed E-state index contributed by atoms with van der Waals surface area (Å²) in [5.41, 5.74) is 1.06. The van der Waals surface area contributed by atoms with Gasteiger partial charge in [0.15, 0.2) is 15.0 Å². The number of carboxylic acid groups (broad SMARTS) is 1. The Morgan fingerprint density at radius 2 is 1.96 bits per heavy atom. The minimum absolute atomic E-state index is 0.0512. The van der Waals surface area contributed by atoms with Crippen LogP contribution in [0.25, 0.3) is 0 Å². The predicted octanol–water partition coefficient (Wildman–Crippen LogP) is 1.20. The van der Waals surface area contributed by atoms with Gasteiger partial charge in [0.05, 0.1) is 31.1 Å². The first kappa shape index (κ1) is 20.7. The number of carboxylic acids is 1. The quantitative estimate of drug-likeness (QED) is 0.692. The molecule has 2 fully saturated rings. The van der Waals surface area contributed by atoms with E-state index < -0.39 is 21.7 Å². The smallest absolute Gasteiger partial charge is 0.303 e. The van der Waals surface area contributed by atoms with Crippen molar-refractivity contribution in [3.05, 3.63) is 29.8 Å². The number of hydrogen-bond donors (Lipinski definition) is 1. The van der Waals surface area contributed by atoms with Crippen molar-refractivity contribution in [1.82, 2.24) is 4.90 Å². The zero-order chi connectivity index (χ0) is 20.3. The normalized spacial score (nSPS) is 24.3. The Hall–Kier alpha value is -2.07. The number of ether oxygens (including phenoxy) is 1. The lowest BCUT2D eigenvalue weighted by atomic mass is 10.1. The summed E-state index contributed by atoms with van der Waals surface area (Å²) in [7, 11) is -1.50. The molecular formula is C18H22N2O6S2. The number of benzene rings is 1. The Bertz CT molecular complexity index is 882. The fraction of sp³-hybridized carbons (Fsp3) is 0.500. The molecule has 2 aliphatic heterocycles. The average molecular weight is 427 g/mol. The van der Waals surface area contributed by atoms with E-state index in [1.54, 1.807) is 7.11 Å². The number of rotatable bonds is 7. The van der Waals surface area contributed by atoms with Crippen LogP contribution >= 0.6 is 11.8 Å². The van der Waals surface area contributed by atoms with Crippen molar-refractivity contribution < 1.29 is 27.9 Å². The van der Waals surface area contributed by atoms with Crippen LogP contribution in [0.4, 0.5) is 0 Å². The van der Waals surface area contributed by atoms with Crippen LogP contribution in [0.15, 0.2) is 29.3 Å². The van der Waals surface area contributed by atoms with Crippen molar-refractivity contribution in [2.45, 2.75) is 30.6 Å². The maximum Gasteiger partial charge on any atom is 0.303 e. The molecule has 1 N–H and O–H groups in total. The number of thioether (sulfide) groups is 1. The van der Waals surface area contributed by atoms with E-state index in [9.17, 15) is 18.0 Å². The Labute approximate surface area is 167 Å². The summed E-state index contributed by atoms with van der Waals surface area (Å²) in [5, 5.41) is 9.07. The Morgan fingerprint density at radius 1 is 1.25 bits per heavy atom. The zero-order valence-electron chi connectivity index (χ0n) is 15.4. The molecule has 1 amide bonds. The first-order valence-corrected chi connectivity index (χ1v) is 11.6. The Balaban J connectivity index is 1.73. The highest BCUT2D eigenvalue weighted by molar-refractivity contribution is 8.15. The van der Waals surface area contributed by atoms with Crippen molar-refractivity contribution in [2.24, 2.45) is 4.99 Å². The molecule has 10 heteroatoms. The lowest BCUT2D eigenvalue weighted by molar-refractivity contribution is -0.138. The fourth-order valence-electron chi connectivity index (χ4n) is 3.32. The van der Waals surface area contributed by atoms with E-state index in [4.69, 9.17) is 9.84 Å². The number of methoxy groups -OCH3 is 1. The Kier molecular flexibility index (Phi) is 6.29. The summed E-state index contributed by atoms with van der Waals surface area (Å²) in [4.78, 5) is 28.6. The molecule has 0 aromatic heterocycles. The van der Waals surface area contributed by atoms with Gasteiger partial charge in [-0.25, -0.2) is 8.42 Å². The number of aliphatic carboxylic acids is 1. The zero-order valence-corrected chi connectivity index (χ0v) is 17.0. The van der Waals surface area contributed by atoms with Crippen LogP contribution in [0.1, 0.15) is 18.4 Å². The van der Waals surface area contributed by atoms with Crippen molar-refractivity contribution in [3.63, 3.8) is 0 Å². The average Bonchev–Trinajstić information content (AvgIpc) is 3.09. The molecule has 2 atom stereocenters. The minimum Gasteiger partial charge on any atom is -0.497 e. The van der Waals surface area contributed by atoms with Gasteiger partial charge in [-0.3, -0.25) is 9.59 Å². The van der Waals surface area contributed by atoms with Crippen molar-refractivity contribution in [1.29, 1.82) is 0 Å².